The van der Waals surface area contributed by atoms with E-state index in [1.165, 1.54) is 10.5 Å². The quantitative estimate of drug-likeness (QED) is 0.574. The molecule has 0 bridgehead atoms. The Morgan fingerprint density at radius 3 is 2.16 bits per heavy atom. The Balaban J connectivity index is 1.87. The third-order valence-electron chi connectivity index (χ3n) is 4.92. The number of rotatable bonds is 11. The van der Waals surface area contributed by atoms with Crippen LogP contribution in [0.3, 0.4) is 0 Å². The maximum atomic E-state index is 12.9. The fourth-order valence-corrected chi connectivity index (χ4v) is 3.15. The summed E-state index contributed by atoms with van der Waals surface area (Å²) >= 11 is 0. The van der Waals surface area contributed by atoms with Gasteiger partial charge >= 0.3 is 0 Å². The van der Waals surface area contributed by atoms with E-state index in [1.54, 1.807) is 0 Å². The third-order valence-corrected chi connectivity index (χ3v) is 4.92. The van der Waals surface area contributed by atoms with Gasteiger partial charge in [0.15, 0.2) is 0 Å². The fraction of sp³-hybridized carbons (Fsp3) is 0.400. The lowest BCUT2D eigenvalue weighted by molar-refractivity contribution is -0.124. The normalized spacial score (nSPS) is 10.4. The highest BCUT2D eigenvalue weighted by Crippen LogP contribution is 2.11. The molecule has 0 aliphatic rings. The van der Waals surface area contributed by atoms with Crippen molar-refractivity contribution in [2.75, 3.05) is 25.0 Å². The van der Waals surface area contributed by atoms with Crippen molar-refractivity contribution in [3.8, 4) is 0 Å². The number of anilines is 1. The van der Waals surface area contributed by atoms with Crippen molar-refractivity contribution < 1.29 is 14.4 Å². The number of nitrogens with zero attached hydrogens (tertiary/aromatic N) is 1. The highest BCUT2D eigenvalue weighted by atomic mass is 16.2. The van der Waals surface area contributed by atoms with E-state index in [1.807, 2.05) is 62.4 Å². The van der Waals surface area contributed by atoms with Crippen LogP contribution in [-0.2, 0) is 16.0 Å². The van der Waals surface area contributed by atoms with Gasteiger partial charge in [0.05, 0.1) is 13.1 Å². The van der Waals surface area contributed by atoms with Crippen molar-refractivity contribution in [2.45, 2.75) is 46.5 Å². The van der Waals surface area contributed by atoms with Crippen LogP contribution in [-0.4, -0.2) is 42.3 Å². The van der Waals surface area contributed by atoms with Gasteiger partial charge in [-0.3, -0.25) is 14.4 Å². The van der Waals surface area contributed by atoms with Crippen LogP contribution in [0, 0.1) is 6.92 Å². The Labute approximate surface area is 185 Å². The second kappa shape index (κ2) is 12.5. The Bertz CT molecular complexity index is 861. The monoisotopic (exact) mass is 423 g/mol. The third kappa shape index (κ3) is 8.24. The number of aryl methyl sites for hydroxylation is 2. The molecule has 6 nitrogen and oxygen atoms in total. The van der Waals surface area contributed by atoms with Crippen molar-refractivity contribution >= 4 is 23.4 Å². The SMILES string of the molecule is CCCCc1ccc(C(=O)N(CCC)CC(=O)NCC(=O)Nc2ccc(C)cc2)cc1. The van der Waals surface area contributed by atoms with E-state index >= 15 is 0 Å². The molecule has 2 aromatic carbocycles. The fourth-order valence-electron chi connectivity index (χ4n) is 3.15. The highest BCUT2D eigenvalue weighted by molar-refractivity contribution is 5.98. The van der Waals surface area contributed by atoms with Crippen molar-refractivity contribution in [1.82, 2.24) is 10.2 Å². The van der Waals surface area contributed by atoms with Crippen molar-refractivity contribution in [3.63, 3.8) is 0 Å². The van der Waals surface area contributed by atoms with Gasteiger partial charge in [-0.25, -0.2) is 0 Å². The zero-order valence-corrected chi connectivity index (χ0v) is 18.7. The van der Waals surface area contributed by atoms with E-state index < -0.39 is 0 Å². The molecule has 0 saturated carbocycles. The smallest absolute Gasteiger partial charge is 0.254 e. The summed E-state index contributed by atoms with van der Waals surface area (Å²) in [7, 11) is 0. The zero-order valence-electron chi connectivity index (χ0n) is 18.7. The van der Waals surface area contributed by atoms with Crippen LogP contribution < -0.4 is 10.6 Å². The molecule has 0 radical (unpaired) electrons. The van der Waals surface area contributed by atoms with Crippen molar-refractivity contribution in [2.24, 2.45) is 0 Å². The minimum Gasteiger partial charge on any atom is -0.345 e. The Morgan fingerprint density at radius 2 is 1.55 bits per heavy atom. The molecule has 0 unspecified atom stereocenters. The molecule has 2 N–H and O–H groups in total. The first-order valence-electron chi connectivity index (χ1n) is 10.9. The molecule has 0 aromatic heterocycles. The molecule has 0 spiro atoms. The average Bonchev–Trinajstić information content (AvgIpc) is 2.77. The van der Waals surface area contributed by atoms with Crippen LogP contribution >= 0.6 is 0 Å². The van der Waals surface area contributed by atoms with E-state index in [4.69, 9.17) is 0 Å². The van der Waals surface area contributed by atoms with E-state index in [0.29, 0.717) is 17.8 Å². The lowest BCUT2D eigenvalue weighted by Gasteiger charge is -2.22. The molecular weight excluding hydrogens is 390 g/mol. The minimum atomic E-state index is -0.361. The molecule has 3 amide bonds. The second-order valence-corrected chi connectivity index (χ2v) is 7.72. The highest BCUT2D eigenvalue weighted by Gasteiger charge is 2.18. The summed E-state index contributed by atoms with van der Waals surface area (Å²) in [6, 6.07) is 15.0. The van der Waals surface area contributed by atoms with Gasteiger partial charge in [-0.2, -0.15) is 0 Å². The minimum absolute atomic E-state index is 0.0813. The summed E-state index contributed by atoms with van der Waals surface area (Å²) < 4.78 is 0. The lowest BCUT2D eigenvalue weighted by Crippen LogP contribution is -2.43. The predicted octanol–water partition coefficient (Wildman–Crippen LogP) is 3.94. The molecule has 31 heavy (non-hydrogen) atoms. The molecule has 6 heteroatoms. The zero-order chi connectivity index (χ0) is 22.6. The number of amides is 3. The maximum absolute atomic E-state index is 12.9. The summed E-state index contributed by atoms with van der Waals surface area (Å²) in [5.41, 5.74) is 3.55. The number of hydrogen-bond donors (Lipinski definition) is 2. The van der Waals surface area contributed by atoms with E-state index in [0.717, 1.165) is 31.2 Å². The first kappa shape index (κ1) is 24.1. The van der Waals surface area contributed by atoms with E-state index in [9.17, 15) is 14.4 Å². The molecule has 0 aliphatic carbocycles. The van der Waals surface area contributed by atoms with Gasteiger partial charge in [-0.1, -0.05) is 50.1 Å². The molecule has 0 fully saturated rings. The second-order valence-electron chi connectivity index (χ2n) is 7.72. The van der Waals surface area contributed by atoms with Crippen LogP contribution in [0.5, 0.6) is 0 Å². The van der Waals surface area contributed by atoms with Crippen LogP contribution in [0.1, 0.15) is 54.6 Å². The number of unbranched alkanes of at least 4 members (excludes halogenated alkanes) is 1. The van der Waals surface area contributed by atoms with Crippen LogP contribution in [0.15, 0.2) is 48.5 Å². The average molecular weight is 424 g/mol. The van der Waals surface area contributed by atoms with Gasteiger partial charge in [0.25, 0.3) is 5.91 Å². The molecule has 0 atom stereocenters. The van der Waals surface area contributed by atoms with E-state index in [-0.39, 0.29) is 30.8 Å². The predicted molar refractivity (Wildman–Crippen MR) is 124 cm³/mol. The van der Waals surface area contributed by atoms with Gasteiger partial charge in [-0.15, -0.1) is 0 Å². The Hall–Kier alpha value is -3.15. The topological polar surface area (TPSA) is 78.5 Å². The number of carbonyl (C=O) groups is 3. The van der Waals surface area contributed by atoms with Gasteiger partial charge < -0.3 is 15.5 Å². The van der Waals surface area contributed by atoms with Crippen molar-refractivity contribution in [1.29, 1.82) is 0 Å². The largest absolute Gasteiger partial charge is 0.345 e. The molecule has 166 valence electrons. The summed E-state index contributed by atoms with van der Waals surface area (Å²) in [6.07, 6.45) is 3.98. The Morgan fingerprint density at radius 1 is 0.871 bits per heavy atom. The summed E-state index contributed by atoms with van der Waals surface area (Å²) in [4.78, 5) is 38.8. The van der Waals surface area contributed by atoms with E-state index in [2.05, 4.69) is 17.6 Å². The number of nitrogens with one attached hydrogen (secondary N) is 2. The summed E-state index contributed by atoms with van der Waals surface area (Å²) in [6.45, 7) is 6.32. The van der Waals surface area contributed by atoms with Gasteiger partial charge in [0.2, 0.25) is 11.8 Å². The van der Waals surface area contributed by atoms with Crippen molar-refractivity contribution in [3.05, 3.63) is 65.2 Å². The molecule has 0 saturated heterocycles. The lowest BCUT2D eigenvalue weighted by atomic mass is 10.1. The first-order valence-corrected chi connectivity index (χ1v) is 10.9. The van der Waals surface area contributed by atoms with Crippen LogP contribution in [0.25, 0.3) is 0 Å². The maximum Gasteiger partial charge on any atom is 0.254 e. The molecular formula is C25H33N3O3. The first-order chi connectivity index (χ1) is 14.9. The number of carbonyl (C=O) groups excluding carboxylic acids is 3. The number of benzene rings is 2. The van der Waals surface area contributed by atoms with Gasteiger partial charge in [0, 0.05) is 17.8 Å². The summed E-state index contributed by atoms with van der Waals surface area (Å²) in [5.74, 6) is -0.850. The van der Waals surface area contributed by atoms with Crippen LogP contribution in [0.2, 0.25) is 0 Å². The van der Waals surface area contributed by atoms with Crippen LogP contribution in [0.4, 0.5) is 5.69 Å². The molecule has 2 aromatic rings. The van der Waals surface area contributed by atoms with Gasteiger partial charge in [0.1, 0.15) is 0 Å². The molecule has 0 aliphatic heterocycles. The number of hydrogen-bond acceptors (Lipinski definition) is 3. The summed E-state index contributed by atoms with van der Waals surface area (Å²) in [5, 5.41) is 5.33. The standard InChI is InChI=1S/C25H33N3O3/c1-4-6-7-20-10-12-21(13-11-20)25(31)28(16-5-2)18-24(30)26-17-23(29)27-22-14-8-19(3)9-15-22/h8-15H,4-7,16-18H2,1-3H3,(H,26,30)(H,27,29). The Kier molecular flexibility index (Phi) is 9.75. The molecule has 0 heterocycles. The van der Waals surface area contributed by atoms with Gasteiger partial charge in [-0.05, 0) is 56.0 Å². The molecule has 2 rings (SSSR count).